The van der Waals surface area contributed by atoms with Gasteiger partial charge in [0.2, 0.25) is 0 Å². The van der Waals surface area contributed by atoms with Gasteiger partial charge in [0.25, 0.3) is 11.8 Å². The maximum absolute atomic E-state index is 13.5. The van der Waals surface area contributed by atoms with Crippen LogP contribution in [0.1, 0.15) is 16.7 Å². The molecule has 1 heterocycles. The van der Waals surface area contributed by atoms with E-state index in [1.165, 1.54) is 29.2 Å². The number of carbonyl (C=O) groups is 2. The molecule has 0 bridgehead atoms. The Morgan fingerprint density at radius 1 is 0.875 bits per heavy atom. The molecule has 2 amide bonds. The number of nitrogens with zero attached hydrogens (tertiary/aromatic N) is 1. The minimum absolute atomic E-state index is 0.156. The van der Waals surface area contributed by atoms with Crippen LogP contribution in [0.25, 0.3) is 5.57 Å². The van der Waals surface area contributed by atoms with Gasteiger partial charge in [-0.3, -0.25) is 14.5 Å². The largest absolute Gasteiger partial charge is 0.350 e. The Morgan fingerprint density at radius 2 is 1.53 bits per heavy atom. The van der Waals surface area contributed by atoms with Gasteiger partial charge in [-0.15, -0.1) is 0 Å². The zero-order valence-corrected chi connectivity index (χ0v) is 18.7. The number of imide groups is 1. The first kappa shape index (κ1) is 22.1. The number of aryl methyl sites for hydroxylation is 1. The third-order valence-corrected chi connectivity index (χ3v) is 5.77. The fourth-order valence-corrected chi connectivity index (χ4v) is 3.93. The van der Waals surface area contributed by atoms with Crippen molar-refractivity contribution in [2.75, 3.05) is 11.9 Å². The van der Waals surface area contributed by atoms with Crippen molar-refractivity contribution in [3.63, 3.8) is 0 Å². The van der Waals surface area contributed by atoms with Gasteiger partial charge < -0.3 is 5.32 Å². The van der Waals surface area contributed by atoms with Gasteiger partial charge in [0.05, 0.1) is 5.57 Å². The number of nitrogens with one attached hydrogen (secondary N) is 1. The lowest BCUT2D eigenvalue weighted by Gasteiger charge is -2.16. The maximum Gasteiger partial charge on any atom is 0.278 e. The van der Waals surface area contributed by atoms with Gasteiger partial charge in [0.1, 0.15) is 11.5 Å². The molecule has 0 saturated heterocycles. The molecule has 4 nitrogen and oxygen atoms in total. The fourth-order valence-electron chi connectivity index (χ4n) is 3.57. The minimum atomic E-state index is -0.433. The molecule has 0 spiro atoms. The van der Waals surface area contributed by atoms with Crippen molar-refractivity contribution in [2.45, 2.75) is 13.3 Å². The number of halogens is 3. The van der Waals surface area contributed by atoms with E-state index in [0.717, 1.165) is 11.1 Å². The Morgan fingerprint density at radius 3 is 2.19 bits per heavy atom. The van der Waals surface area contributed by atoms with Gasteiger partial charge in [0.15, 0.2) is 0 Å². The molecule has 0 aromatic heterocycles. The Kier molecular flexibility index (Phi) is 6.31. The van der Waals surface area contributed by atoms with Crippen LogP contribution in [-0.2, 0) is 16.0 Å². The van der Waals surface area contributed by atoms with Gasteiger partial charge in [-0.05, 0) is 72.5 Å². The summed E-state index contributed by atoms with van der Waals surface area (Å²) in [5.41, 5.74) is 3.26. The first-order valence-electron chi connectivity index (χ1n) is 9.97. The molecule has 1 N–H and O–H groups in total. The number of hydrogen-bond acceptors (Lipinski definition) is 3. The van der Waals surface area contributed by atoms with Crippen molar-refractivity contribution in [1.82, 2.24) is 4.90 Å². The topological polar surface area (TPSA) is 49.4 Å². The van der Waals surface area contributed by atoms with Crippen molar-refractivity contribution in [1.29, 1.82) is 0 Å². The second kappa shape index (κ2) is 9.15. The minimum Gasteiger partial charge on any atom is -0.350 e. The Balaban J connectivity index is 1.67. The van der Waals surface area contributed by atoms with Gasteiger partial charge in [-0.2, -0.15) is 0 Å². The van der Waals surface area contributed by atoms with Crippen LogP contribution in [0.3, 0.4) is 0 Å². The number of carbonyl (C=O) groups excluding carboxylic acids is 2. The molecule has 162 valence electrons. The second-order valence-corrected chi connectivity index (χ2v) is 8.35. The quantitative estimate of drug-likeness (QED) is 0.459. The molecule has 0 aliphatic carbocycles. The Labute approximate surface area is 195 Å². The van der Waals surface area contributed by atoms with E-state index >= 15 is 0 Å². The van der Waals surface area contributed by atoms with Crippen LogP contribution in [-0.4, -0.2) is 23.3 Å². The molecule has 4 rings (SSSR count). The fraction of sp³-hybridized carbons (Fsp3) is 0.120. The van der Waals surface area contributed by atoms with Crippen molar-refractivity contribution >= 4 is 46.3 Å². The van der Waals surface area contributed by atoms with Crippen LogP contribution < -0.4 is 5.32 Å². The van der Waals surface area contributed by atoms with Crippen LogP contribution in [0.5, 0.6) is 0 Å². The molecular weight excluding hydrogens is 450 g/mol. The van der Waals surface area contributed by atoms with Crippen LogP contribution in [0, 0.1) is 12.7 Å². The number of amides is 2. The van der Waals surface area contributed by atoms with Gasteiger partial charge in [0, 0.05) is 22.3 Å². The van der Waals surface area contributed by atoms with Gasteiger partial charge in [-0.1, -0.05) is 47.5 Å². The van der Waals surface area contributed by atoms with Crippen molar-refractivity contribution < 1.29 is 14.0 Å². The molecule has 0 unspecified atom stereocenters. The third-order valence-electron chi connectivity index (χ3n) is 5.29. The van der Waals surface area contributed by atoms with Gasteiger partial charge in [-0.25, -0.2) is 4.39 Å². The summed E-state index contributed by atoms with van der Waals surface area (Å²) in [6.07, 6.45) is 0.485. The van der Waals surface area contributed by atoms with Crippen molar-refractivity contribution in [3.8, 4) is 0 Å². The van der Waals surface area contributed by atoms with Crippen LogP contribution in [0.2, 0.25) is 10.0 Å². The summed E-state index contributed by atoms with van der Waals surface area (Å²) >= 11 is 12.0. The summed E-state index contributed by atoms with van der Waals surface area (Å²) in [5.74, 6) is -1.28. The molecule has 1 aliphatic rings. The van der Waals surface area contributed by atoms with E-state index in [4.69, 9.17) is 23.2 Å². The van der Waals surface area contributed by atoms with Crippen LogP contribution >= 0.6 is 23.2 Å². The summed E-state index contributed by atoms with van der Waals surface area (Å²) in [4.78, 5) is 27.8. The molecule has 0 atom stereocenters. The standard InChI is InChI=1S/C25H19Cl2FN2O2/c1-15-14-19(27)8-11-21(15)29-23-22(17-4-9-20(28)10-5-17)24(31)30(25(23)32)13-12-16-2-6-18(26)7-3-16/h2-11,14,29H,12-13H2,1H3. The maximum atomic E-state index is 13.5. The average Bonchev–Trinajstić information content (AvgIpc) is 2.99. The first-order valence-corrected chi connectivity index (χ1v) is 10.7. The monoisotopic (exact) mass is 468 g/mol. The van der Waals surface area contributed by atoms with E-state index in [2.05, 4.69) is 5.32 Å². The summed E-state index contributed by atoms with van der Waals surface area (Å²) < 4.78 is 13.5. The smallest absolute Gasteiger partial charge is 0.278 e. The lowest BCUT2D eigenvalue weighted by atomic mass is 10.0. The lowest BCUT2D eigenvalue weighted by molar-refractivity contribution is -0.136. The summed E-state index contributed by atoms with van der Waals surface area (Å²) in [7, 11) is 0. The Hall–Kier alpha value is -3.15. The van der Waals surface area contributed by atoms with E-state index < -0.39 is 17.6 Å². The van der Waals surface area contributed by atoms with E-state index in [9.17, 15) is 14.0 Å². The molecule has 32 heavy (non-hydrogen) atoms. The molecule has 0 fully saturated rings. The highest BCUT2D eigenvalue weighted by Gasteiger charge is 2.39. The van der Waals surface area contributed by atoms with Crippen LogP contribution in [0.15, 0.2) is 72.4 Å². The molecule has 3 aromatic carbocycles. The van der Waals surface area contributed by atoms with Crippen molar-refractivity contribution in [2.24, 2.45) is 0 Å². The Bertz CT molecular complexity index is 1220. The molecular formula is C25H19Cl2FN2O2. The van der Waals surface area contributed by atoms with E-state index in [1.807, 2.05) is 19.1 Å². The number of rotatable bonds is 6. The number of anilines is 1. The summed E-state index contributed by atoms with van der Waals surface area (Å²) in [6, 6.07) is 18.0. The van der Waals surface area contributed by atoms with E-state index in [0.29, 0.717) is 27.7 Å². The van der Waals surface area contributed by atoms with E-state index in [-0.39, 0.29) is 17.8 Å². The molecule has 1 aliphatic heterocycles. The molecule has 0 saturated carbocycles. The highest BCUT2D eigenvalue weighted by atomic mass is 35.5. The molecule has 0 radical (unpaired) electrons. The average molecular weight is 469 g/mol. The number of benzene rings is 3. The molecule has 3 aromatic rings. The van der Waals surface area contributed by atoms with Crippen molar-refractivity contribution in [3.05, 3.63) is 105 Å². The van der Waals surface area contributed by atoms with Gasteiger partial charge >= 0.3 is 0 Å². The molecule has 7 heteroatoms. The second-order valence-electron chi connectivity index (χ2n) is 7.48. The predicted molar refractivity (Wildman–Crippen MR) is 125 cm³/mol. The van der Waals surface area contributed by atoms with E-state index in [1.54, 1.807) is 30.3 Å². The predicted octanol–water partition coefficient (Wildman–Crippen LogP) is 5.88. The highest BCUT2D eigenvalue weighted by Crippen LogP contribution is 2.32. The zero-order valence-electron chi connectivity index (χ0n) is 17.2. The van der Waals surface area contributed by atoms with Crippen LogP contribution in [0.4, 0.5) is 10.1 Å². The SMILES string of the molecule is Cc1cc(Cl)ccc1NC1=C(c2ccc(F)cc2)C(=O)N(CCc2ccc(Cl)cc2)C1=O. The number of hydrogen-bond donors (Lipinski definition) is 1. The third kappa shape index (κ3) is 4.54. The first-order chi connectivity index (χ1) is 15.3. The summed E-state index contributed by atoms with van der Waals surface area (Å²) in [5, 5.41) is 4.30. The zero-order chi connectivity index (χ0) is 22.8. The summed E-state index contributed by atoms with van der Waals surface area (Å²) in [6.45, 7) is 2.06. The normalized spacial score (nSPS) is 13.8. The highest BCUT2D eigenvalue weighted by molar-refractivity contribution is 6.36. The lowest BCUT2D eigenvalue weighted by Crippen LogP contribution is -2.34.